The first kappa shape index (κ1) is 13.7. The molecule has 0 aliphatic carbocycles. The number of rotatable bonds is 3. The lowest BCUT2D eigenvalue weighted by atomic mass is 10.1. The highest BCUT2D eigenvalue weighted by atomic mass is 79.9. The van der Waals surface area contributed by atoms with Crippen molar-refractivity contribution in [1.29, 1.82) is 0 Å². The van der Waals surface area contributed by atoms with Crippen molar-refractivity contribution in [2.75, 3.05) is 0 Å². The van der Waals surface area contributed by atoms with Gasteiger partial charge in [0, 0.05) is 21.8 Å². The maximum absolute atomic E-state index is 12.1. The Morgan fingerprint density at radius 2 is 2.05 bits per heavy atom. The topological polar surface area (TPSA) is 52.0 Å². The number of ketones is 1. The number of hydrogen-bond acceptors (Lipinski definition) is 3. The second-order valence-electron chi connectivity index (χ2n) is 4.30. The summed E-state index contributed by atoms with van der Waals surface area (Å²) in [6.07, 6.45) is 0. The summed E-state index contributed by atoms with van der Waals surface area (Å²) >= 11 is 3.32. The van der Waals surface area contributed by atoms with Crippen molar-refractivity contribution in [3.63, 3.8) is 0 Å². The number of carbonyl (C=O) groups excluding carboxylic acids is 1. The molecule has 0 aliphatic heterocycles. The first-order valence-electron chi connectivity index (χ1n) is 5.81. The Kier molecular flexibility index (Phi) is 3.95. The zero-order chi connectivity index (χ0) is 14.0. The first-order valence-corrected chi connectivity index (χ1v) is 6.60. The molecule has 1 heterocycles. The Morgan fingerprint density at radius 3 is 2.68 bits per heavy atom. The molecule has 0 bridgehead atoms. The number of nitrogens with zero attached hydrogens (tertiary/aromatic N) is 2. The van der Waals surface area contributed by atoms with Gasteiger partial charge in [-0.05, 0) is 26.0 Å². The van der Waals surface area contributed by atoms with Crippen molar-refractivity contribution in [3.8, 4) is 0 Å². The van der Waals surface area contributed by atoms with Gasteiger partial charge < -0.3 is 0 Å². The van der Waals surface area contributed by atoms with Crippen LogP contribution in [0, 0.1) is 13.8 Å². The predicted molar refractivity (Wildman–Crippen MR) is 76.4 cm³/mol. The van der Waals surface area contributed by atoms with Gasteiger partial charge in [-0.3, -0.25) is 14.2 Å². The molecular formula is C14H13BrN2O2. The molecule has 0 spiro atoms. The van der Waals surface area contributed by atoms with Crippen LogP contribution in [0.2, 0.25) is 0 Å². The molecule has 0 saturated heterocycles. The zero-order valence-corrected chi connectivity index (χ0v) is 12.3. The minimum absolute atomic E-state index is 0.00833. The standard InChI is InChI=1S/C14H13BrN2O2/c1-9-6-14(19)17(10(2)16-9)8-13(18)11-4-3-5-12(15)7-11/h3-7H,8H2,1-2H3. The second kappa shape index (κ2) is 5.48. The summed E-state index contributed by atoms with van der Waals surface area (Å²) in [6.45, 7) is 3.49. The van der Waals surface area contributed by atoms with Crippen molar-refractivity contribution in [3.05, 3.63) is 62.2 Å². The highest BCUT2D eigenvalue weighted by Crippen LogP contribution is 2.12. The zero-order valence-electron chi connectivity index (χ0n) is 10.7. The van der Waals surface area contributed by atoms with Crippen molar-refractivity contribution in [2.24, 2.45) is 0 Å². The summed E-state index contributed by atoms with van der Waals surface area (Å²) in [5.74, 6) is 0.436. The minimum atomic E-state index is -0.201. The Hall–Kier alpha value is -1.75. The average molecular weight is 321 g/mol. The summed E-state index contributed by atoms with van der Waals surface area (Å²) in [7, 11) is 0. The van der Waals surface area contributed by atoms with Crippen LogP contribution in [0.3, 0.4) is 0 Å². The summed E-state index contributed by atoms with van der Waals surface area (Å²) in [5.41, 5.74) is 1.03. The maximum atomic E-state index is 12.1. The van der Waals surface area contributed by atoms with Gasteiger partial charge in [0.1, 0.15) is 5.82 Å². The van der Waals surface area contributed by atoms with Crippen molar-refractivity contribution in [1.82, 2.24) is 9.55 Å². The highest BCUT2D eigenvalue weighted by Gasteiger charge is 2.10. The van der Waals surface area contributed by atoms with E-state index in [0.29, 0.717) is 17.1 Å². The van der Waals surface area contributed by atoms with Gasteiger partial charge in [-0.2, -0.15) is 0 Å². The molecular weight excluding hydrogens is 308 g/mol. The minimum Gasteiger partial charge on any atom is -0.292 e. The molecule has 1 aromatic heterocycles. The Morgan fingerprint density at radius 1 is 1.32 bits per heavy atom. The van der Waals surface area contributed by atoms with Crippen LogP contribution in [0.5, 0.6) is 0 Å². The summed E-state index contributed by atoms with van der Waals surface area (Å²) in [6, 6.07) is 8.54. The van der Waals surface area contributed by atoms with Gasteiger partial charge in [0.15, 0.2) is 5.78 Å². The van der Waals surface area contributed by atoms with Crippen LogP contribution in [0.4, 0.5) is 0 Å². The molecule has 0 unspecified atom stereocenters. The fraction of sp³-hybridized carbons (Fsp3) is 0.214. The van der Waals surface area contributed by atoms with E-state index in [4.69, 9.17) is 0 Å². The largest absolute Gasteiger partial charge is 0.292 e. The van der Waals surface area contributed by atoms with E-state index in [2.05, 4.69) is 20.9 Å². The molecule has 2 rings (SSSR count). The van der Waals surface area contributed by atoms with Crippen molar-refractivity contribution in [2.45, 2.75) is 20.4 Å². The molecule has 0 atom stereocenters. The van der Waals surface area contributed by atoms with E-state index in [1.54, 1.807) is 32.0 Å². The van der Waals surface area contributed by atoms with E-state index in [-0.39, 0.29) is 17.9 Å². The fourth-order valence-corrected chi connectivity index (χ4v) is 2.25. The van der Waals surface area contributed by atoms with Gasteiger partial charge >= 0.3 is 0 Å². The molecule has 0 fully saturated rings. The smallest absolute Gasteiger partial charge is 0.254 e. The quantitative estimate of drug-likeness (QED) is 0.816. The van der Waals surface area contributed by atoms with Crippen LogP contribution >= 0.6 is 15.9 Å². The maximum Gasteiger partial charge on any atom is 0.254 e. The van der Waals surface area contributed by atoms with Crippen LogP contribution in [-0.4, -0.2) is 15.3 Å². The van der Waals surface area contributed by atoms with Gasteiger partial charge in [-0.1, -0.05) is 28.1 Å². The van der Waals surface area contributed by atoms with Gasteiger partial charge in [-0.15, -0.1) is 0 Å². The van der Waals surface area contributed by atoms with E-state index in [1.165, 1.54) is 10.6 Å². The summed E-state index contributed by atoms with van der Waals surface area (Å²) < 4.78 is 2.22. The SMILES string of the molecule is Cc1cc(=O)n(CC(=O)c2cccc(Br)c2)c(C)n1. The molecule has 0 saturated carbocycles. The molecule has 0 amide bonds. The predicted octanol–water partition coefficient (Wildman–Crippen LogP) is 2.51. The molecule has 98 valence electrons. The van der Waals surface area contributed by atoms with Crippen LogP contribution in [0.1, 0.15) is 21.9 Å². The molecule has 1 aromatic carbocycles. The van der Waals surface area contributed by atoms with E-state index in [1.807, 2.05) is 6.07 Å². The third kappa shape index (κ3) is 3.17. The van der Waals surface area contributed by atoms with Gasteiger partial charge in [0.25, 0.3) is 5.56 Å². The van der Waals surface area contributed by atoms with E-state index >= 15 is 0 Å². The van der Waals surface area contributed by atoms with Crippen LogP contribution < -0.4 is 5.56 Å². The van der Waals surface area contributed by atoms with E-state index < -0.39 is 0 Å². The molecule has 5 heteroatoms. The van der Waals surface area contributed by atoms with Crippen LogP contribution in [0.15, 0.2) is 39.6 Å². The van der Waals surface area contributed by atoms with Crippen LogP contribution in [0.25, 0.3) is 0 Å². The lowest BCUT2D eigenvalue weighted by Gasteiger charge is -2.09. The number of benzene rings is 1. The first-order chi connectivity index (χ1) is 8.97. The molecule has 2 aromatic rings. The van der Waals surface area contributed by atoms with Crippen molar-refractivity contribution >= 4 is 21.7 Å². The summed E-state index contributed by atoms with van der Waals surface area (Å²) in [5, 5.41) is 0. The van der Waals surface area contributed by atoms with Gasteiger partial charge in [0.05, 0.1) is 6.54 Å². The molecule has 4 nitrogen and oxygen atoms in total. The van der Waals surface area contributed by atoms with E-state index in [0.717, 1.165) is 4.47 Å². The van der Waals surface area contributed by atoms with Gasteiger partial charge in [0.2, 0.25) is 0 Å². The molecule has 19 heavy (non-hydrogen) atoms. The van der Waals surface area contributed by atoms with Gasteiger partial charge in [-0.25, -0.2) is 4.98 Å². The Balaban J connectivity index is 2.32. The molecule has 0 aliphatic rings. The highest BCUT2D eigenvalue weighted by molar-refractivity contribution is 9.10. The lowest BCUT2D eigenvalue weighted by molar-refractivity contribution is 0.0969. The number of hydrogen-bond donors (Lipinski definition) is 0. The lowest BCUT2D eigenvalue weighted by Crippen LogP contribution is -2.27. The monoisotopic (exact) mass is 320 g/mol. The molecule has 0 radical (unpaired) electrons. The second-order valence-corrected chi connectivity index (χ2v) is 5.22. The average Bonchev–Trinajstić information content (AvgIpc) is 2.33. The number of aryl methyl sites for hydroxylation is 2. The summed E-state index contributed by atoms with van der Waals surface area (Å²) in [4.78, 5) is 28.2. The van der Waals surface area contributed by atoms with Crippen LogP contribution in [-0.2, 0) is 6.54 Å². The number of halogens is 1. The Bertz CT molecular complexity index is 692. The van der Waals surface area contributed by atoms with E-state index in [9.17, 15) is 9.59 Å². The third-order valence-corrected chi connectivity index (χ3v) is 3.27. The molecule has 0 N–H and O–H groups in total. The Labute approximate surface area is 119 Å². The normalized spacial score (nSPS) is 10.5. The fourth-order valence-electron chi connectivity index (χ4n) is 1.85. The van der Waals surface area contributed by atoms with Crippen molar-refractivity contribution < 1.29 is 4.79 Å². The number of Topliss-reactive ketones (excluding diaryl/α,β-unsaturated/α-hetero) is 1. The number of aromatic nitrogens is 2. The third-order valence-electron chi connectivity index (χ3n) is 2.78. The number of carbonyl (C=O) groups is 1.